The normalized spacial score (nSPS) is 11.4. The predicted molar refractivity (Wildman–Crippen MR) is 140 cm³/mol. The molecule has 3 rings (SSSR count). The van der Waals surface area contributed by atoms with Crippen LogP contribution in [0.15, 0.2) is 52.9 Å². The molecule has 0 spiro atoms. The first-order chi connectivity index (χ1) is 16.5. The summed E-state index contributed by atoms with van der Waals surface area (Å²) in [5, 5.41) is 5.03. The number of aryl methyl sites for hydroxylation is 2. The van der Waals surface area contributed by atoms with E-state index < -0.39 is 10.1 Å². The number of halogens is 1. The number of aromatic nitrogens is 2. The highest BCUT2D eigenvalue weighted by Crippen LogP contribution is 2.35. The van der Waals surface area contributed by atoms with Crippen molar-refractivity contribution in [3.8, 4) is 5.88 Å². The van der Waals surface area contributed by atoms with Crippen LogP contribution in [0.25, 0.3) is 5.57 Å². The number of rotatable bonds is 9. The third-order valence-electron chi connectivity index (χ3n) is 6.04. The molecule has 0 fully saturated rings. The fourth-order valence-electron chi connectivity index (χ4n) is 3.87. The minimum atomic E-state index is -4.18. The molecule has 8 heteroatoms. The summed E-state index contributed by atoms with van der Waals surface area (Å²) in [6.45, 7) is 11.9. The molecule has 1 aromatic heterocycles. The summed E-state index contributed by atoms with van der Waals surface area (Å²) in [7, 11) is -4.18. The first-order valence-corrected chi connectivity index (χ1v) is 13.3. The Bertz CT molecular complexity index is 1390. The zero-order valence-electron chi connectivity index (χ0n) is 21.0. The van der Waals surface area contributed by atoms with Gasteiger partial charge in [0.05, 0.1) is 5.69 Å². The third kappa shape index (κ3) is 5.52. The van der Waals surface area contributed by atoms with Crippen LogP contribution >= 0.6 is 11.6 Å². The van der Waals surface area contributed by atoms with Crippen molar-refractivity contribution in [1.82, 2.24) is 9.78 Å². The van der Waals surface area contributed by atoms with Gasteiger partial charge in [0, 0.05) is 17.1 Å². The molecule has 6 nitrogen and oxygen atoms in total. The van der Waals surface area contributed by atoms with E-state index in [0.717, 1.165) is 35.1 Å². The van der Waals surface area contributed by atoms with E-state index in [9.17, 15) is 13.2 Å². The van der Waals surface area contributed by atoms with Crippen LogP contribution in [0, 0.1) is 13.8 Å². The smallest absolute Gasteiger partial charge is 0.340 e. The standard InChI is InChI=1S/C27H31ClN2O4S/c1-7-8-16-30-27(34-35(32,33)21-12-10-9-11-13-21)25(20(6)29-30)26(31)22-14-15-23(28)24(19(22)5)18(4)17(2)3/h9-15H,7-8,16H2,1-6H3. The number of carbonyl (C=O) groups is 1. The lowest BCUT2D eigenvalue weighted by molar-refractivity contribution is 0.103. The van der Waals surface area contributed by atoms with Crippen LogP contribution in [-0.2, 0) is 16.7 Å². The van der Waals surface area contributed by atoms with Crippen molar-refractivity contribution in [2.45, 2.75) is 65.8 Å². The lowest BCUT2D eigenvalue weighted by Crippen LogP contribution is -2.16. The van der Waals surface area contributed by atoms with Crippen LogP contribution in [0.2, 0.25) is 5.02 Å². The van der Waals surface area contributed by atoms with E-state index in [2.05, 4.69) is 5.10 Å². The van der Waals surface area contributed by atoms with Gasteiger partial charge < -0.3 is 4.18 Å². The largest absolute Gasteiger partial charge is 0.358 e. The number of ketones is 1. The van der Waals surface area contributed by atoms with Crippen molar-refractivity contribution in [2.75, 3.05) is 0 Å². The Morgan fingerprint density at radius 1 is 1.03 bits per heavy atom. The molecule has 1 heterocycles. The van der Waals surface area contributed by atoms with Gasteiger partial charge in [-0.25, -0.2) is 4.68 Å². The molecule has 35 heavy (non-hydrogen) atoms. The number of nitrogens with zero attached hydrogens (tertiary/aromatic N) is 2. The quantitative estimate of drug-likeness (QED) is 0.232. The second kappa shape index (κ2) is 10.8. The van der Waals surface area contributed by atoms with E-state index in [1.165, 1.54) is 16.8 Å². The number of unbranched alkanes of at least 4 members (excludes halogenated alkanes) is 1. The van der Waals surface area contributed by atoms with Crippen LogP contribution in [0.3, 0.4) is 0 Å². The van der Waals surface area contributed by atoms with Gasteiger partial charge in [0.1, 0.15) is 10.5 Å². The molecule has 2 aromatic carbocycles. The highest BCUT2D eigenvalue weighted by atomic mass is 35.5. The second-order valence-corrected chi connectivity index (χ2v) is 10.7. The number of hydrogen-bond acceptors (Lipinski definition) is 5. The zero-order chi connectivity index (χ0) is 25.9. The van der Waals surface area contributed by atoms with E-state index in [1.54, 1.807) is 37.3 Å². The van der Waals surface area contributed by atoms with Crippen molar-refractivity contribution >= 4 is 33.1 Å². The molecule has 0 N–H and O–H groups in total. The molecule has 0 saturated heterocycles. The molecule has 0 bridgehead atoms. The van der Waals surface area contributed by atoms with E-state index in [0.29, 0.717) is 22.8 Å². The summed E-state index contributed by atoms with van der Waals surface area (Å²) in [6, 6.07) is 11.2. The molecule has 3 aromatic rings. The lowest BCUT2D eigenvalue weighted by Gasteiger charge is -2.15. The van der Waals surface area contributed by atoms with Crippen molar-refractivity contribution in [3.05, 3.63) is 81.0 Å². The van der Waals surface area contributed by atoms with Gasteiger partial charge in [0.15, 0.2) is 0 Å². The van der Waals surface area contributed by atoms with Gasteiger partial charge >= 0.3 is 10.1 Å². The summed E-state index contributed by atoms with van der Waals surface area (Å²) in [6.07, 6.45) is 1.62. The van der Waals surface area contributed by atoms with E-state index in [1.807, 2.05) is 34.6 Å². The molecule has 0 aliphatic carbocycles. The van der Waals surface area contributed by atoms with E-state index in [-0.39, 0.29) is 22.1 Å². The number of benzene rings is 2. The zero-order valence-corrected chi connectivity index (χ0v) is 22.5. The fourth-order valence-corrected chi connectivity index (χ4v) is 5.19. The Labute approximate surface area is 212 Å². The number of carbonyl (C=O) groups excluding carboxylic acids is 1. The third-order valence-corrected chi connectivity index (χ3v) is 7.58. The van der Waals surface area contributed by atoms with Gasteiger partial charge in [0.2, 0.25) is 11.7 Å². The lowest BCUT2D eigenvalue weighted by atomic mass is 9.91. The summed E-state index contributed by atoms with van der Waals surface area (Å²) < 4.78 is 33.2. The van der Waals surface area contributed by atoms with Crippen molar-refractivity contribution < 1.29 is 17.4 Å². The molecule has 0 aliphatic heterocycles. The maximum Gasteiger partial charge on any atom is 0.340 e. The Morgan fingerprint density at radius 2 is 1.69 bits per heavy atom. The predicted octanol–water partition coefficient (Wildman–Crippen LogP) is 6.77. The average Bonchev–Trinajstić information content (AvgIpc) is 3.11. The monoisotopic (exact) mass is 514 g/mol. The maximum atomic E-state index is 13.9. The van der Waals surface area contributed by atoms with Gasteiger partial charge in [-0.1, -0.05) is 48.7 Å². The minimum absolute atomic E-state index is 0.00318. The topological polar surface area (TPSA) is 78.3 Å². The maximum absolute atomic E-state index is 13.9. The van der Waals surface area contributed by atoms with E-state index >= 15 is 0 Å². The first-order valence-electron chi connectivity index (χ1n) is 11.5. The van der Waals surface area contributed by atoms with Crippen LogP contribution in [0.1, 0.15) is 73.3 Å². The summed E-state index contributed by atoms with van der Waals surface area (Å²) >= 11 is 6.50. The molecular weight excluding hydrogens is 484 g/mol. The Balaban J connectivity index is 2.19. The summed E-state index contributed by atoms with van der Waals surface area (Å²) in [5.41, 5.74) is 4.55. The number of hydrogen-bond donors (Lipinski definition) is 0. The van der Waals surface area contributed by atoms with Crippen LogP contribution in [0.5, 0.6) is 5.88 Å². The average molecular weight is 515 g/mol. The van der Waals surface area contributed by atoms with Gasteiger partial charge in [-0.2, -0.15) is 13.5 Å². The van der Waals surface area contributed by atoms with Crippen LogP contribution in [0.4, 0.5) is 0 Å². The Hall–Kier alpha value is -2.90. The second-order valence-electron chi connectivity index (χ2n) is 8.74. The molecule has 0 atom stereocenters. The van der Waals surface area contributed by atoms with Gasteiger partial charge in [-0.15, -0.1) is 0 Å². The Morgan fingerprint density at radius 3 is 2.29 bits per heavy atom. The molecule has 186 valence electrons. The van der Waals surface area contributed by atoms with Crippen LogP contribution in [-0.4, -0.2) is 24.0 Å². The molecule has 0 unspecified atom stereocenters. The Kier molecular flexibility index (Phi) is 8.23. The first kappa shape index (κ1) is 26.7. The van der Waals surface area contributed by atoms with Gasteiger partial charge in [0.25, 0.3) is 0 Å². The van der Waals surface area contributed by atoms with Crippen molar-refractivity contribution in [1.29, 1.82) is 0 Å². The number of allylic oxidation sites excluding steroid dienone is 2. The van der Waals surface area contributed by atoms with E-state index in [4.69, 9.17) is 15.8 Å². The van der Waals surface area contributed by atoms with Crippen LogP contribution < -0.4 is 4.18 Å². The molecule has 0 amide bonds. The summed E-state index contributed by atoms with van der Waals surface area (Å²) in [5.74, 6) is -0.430. The summed E-state index contributed by atoms with van der Waals surface area (Å²) in [4.78, 5) is 13.9. The molecule has 0 aliphatic rings. The molecule has 0 saturated carbocycles. The highest BCUT2D eigenvalue weighted by Gasteiger charge is 2.30. The SMILES string of the molecule is CCCCn1nc(C)c(C(=O)c2ccc(Cl)c(C(C)=C(C)C)c2C)c1OS(=O)(=O)c1ccccc1. The van der Waals surface area contributed by atoms with Gasteiger partial charge in [-0.05, 0) is 82.0 Å². The van der Waals surface area contributed by atoms with Gasteiger partial charge in [-0.3, -0.25) is 4.79 Å². The highest BCUT2D eigenvalue weighted by molar-refractivity contribution is 7.87. The fraction of sp³-hybridized carbons (Fsp3) is 0.333. The molecular formula is C27H31ClN2O4S. The van der Waals surface area contributed by atoms with Crippen molar-refractivity contribution in [3.63, 3.8) is 0 Å². The van der Waals surface area contributed by atoms with Crippen molar-refractivity contribution in [2.24, 2.45) is 0 Å². The minimum Gasteiger partial charge on any atom is -0.358 e. The molecule has 0 radical (unpaired) electrons.